The van der Waals surface area contributed by atoms with Crippen molar-refractivity contribution in [2.45, 2.75) is 44.6 Å². The van der Waals surface area contributed by atoms with Gasteiger partial charge in [-0.25, -0.2) is 0 Å². The molecule has 0 amide bonds. The van der Waals surface area contributed by atoms with E-state index in [0.717, 1.165) is 51.7 Å². The average Bonchev–Trinajstić information content (AvgIpc) is 2.03. The van der Waals surface area contributed by atoms with E-state index < -0.39 is 0 Å². The van der Waals surface area contributed by atoms with E-state index in [9.17, 15) is 5.11 Å². The van der Waals surface area contributed by atoms with Crippen LogP contribution in [0.3, 0.4) is 0 Å². The van der Waals surface area contributed by atoms with Gasteiger partial charge in [0.1, 0.15) is 0 Å². The molecule has 1 saturated heterocycles. The second-order valence-electron chi connectivity index (χ2n) is 3.26. The molecule has 0 radical (unpaired) electrons. The summed E-state index contributed by atoms with van der Waals surface area (Å²) >= 11 is 0. The molecule has 1 aliphatic heterocycles. The molecule has 66 valence electrons. The molecule has 1 rings (SSSR count). The summed E-state index contributed by atoms with van der Waals surface area (Å²) in [6.07, 6.45) is 6.32. The van der Waals surface area contributed by atoms with Gasteiger partial charge in [-0.2, -0.15) is 0 Å². The van der Waals surface area contributed by atoms with E-state index in [1.165, 1.54) is 0 Å². The summed E-state index contributed by atoms with van der Waals surface area (Å²) in [6, 6.07) is 0. The Balaban J connectivity index is 2.12. The molecule has 0 aromatic heterocycles. The highest BCUT2D eigenvalue weighted by molar-refractivity contribution is 4.57. The predicted molar refractivity (Wildman–Crippen MR) is 44.5 cm³/mol. The second-order valence-corrected chi connectivity index (χ2v) is 3.26. The molecule has 0 aromatic rings. The first-order valence-electron chi connectivity index (χ1n) is 4.65. The van der Waals surface area contributed by atoms with Gasteiger partial charge in [0.2, 0.25) is 0 Å². The van der Waals surface area contributed by atoms with Crippen molar-refractivity contribution in [2.24, 2.45) is 0 Å². The molecule has 0 aromatic carbocycles. The Morgan fingerprint density at radius 1 is 0.909 bits per heavy atom. The first-order valence-corrected chi connectivity index (χ1v) is 4.65. The van der Waals surface area contributed by atoms with Crippen LogP contribution in [-0.4, -0.2) is 24.4 Å². The van der Waals surface area contributed by atoms with Crippen molar-refractivity contribution in [1.29, 1.82) is 0 Å². The predicted octanol–water partition coefficient (Wildman–Crippen LogP) is 1.72. The first kappa shape index (κ1) is 9.01. The third-order valence-electron chi connectivity index (χ3n) is 2.15. The second kappa shape index (κ2) is 5.56. The maximum atomic E-state index is 9.39. The lowest BCUT2D eigenvalue weighted by molar-refractivity contribution is 0.0963. The van der Waals surface area contributed by atoms with Crippen molar-refractivity contribution in [3.05, 3.63) is 0 Å². The van der Waals surface area contributed by atoms with Crippen LogP contribution in [0.1, 0.15) is 38.5 Å². The molecule has 1 fully saturated rings. The summed E-state index contributed by atoms with van der Waals surface area (Å²) in [5, 5.41) is 9.39. The van der Waals surface area contributed by atoms with Gasteiger partial charge in [-0.15, -0.1) is 0 Å². The third kappa shape index (κ3) is 4.38. The van der Waals surface area contributed by atoms with E-state index in [1.54, 1.807) is 0 Å². The molecule has 0 saturated carbocycles. The van der Waals surface area contributed by atoms with Gasteiger partial charge < -0.3 is 9.84 Å². The summed E-state index contributed by atoms with van der Waals surface area (Å²) in [5.74, 6) is 0. The van der Waals surface area contributed by atoms with Crippen molar-refractivity contribution in [1.82, 2.24) is 0 Å². The van der Waals surface area contributed by atoms with Crippen molar-refractivity contribution in [3.8, 4) is 0 Å². The average molecular weight is 158 g/mol. The summed E-state index contributed by atoms with van der Waals surface area (Å²) in [4.78, 5) is 0. The summed E-state index contributed by atoms with van der Waals surface area (Å²) < 4.78 is 5.36. The Labute approximate surface area is 68.6 Å². The quantitative estimate of drug-likeness (QED) is 0.581. The van der Waals surface area contributed by atoms with Crippen molar-refractivity contribution in [2.75, 3.05) is 13.2 Å². The van der Waals surface area contributed by atoms with Crippen LogP contribution >= 0.6 is 0 Å². The number of ether oxygens (including phenoxy) is 1. The highest BCUT2D eigenvalue weighted by Crippen LogP contribution is 2.10. The molecule has 0 unspecified atom stereocenters. The van der Waals surface area contributed by atoms with Gasteiger partial charge in [0, 0.05) is 13.2 Å². The topological polar surface area (TPSA) is 29.5 Å². The van der Waals surface area contributed by atoms with E-state index >= 15 is 0 Å². The first-order chi connectivity index (χ1) is 5.39. The largest absolute Gasteiger partial charge is 0.393 e. The number of aliphatic hydroxyl groups excluding tert-OH is 1. The van der Waals surface area contributed by atoms with E-state index in [0.29, 0.717) is 0 Å². The number of hydrogen-bond donors (Lipinski definition) is 1. The van der Waals surface area contributed by atoms with Gasteiger partial charge in [-0.1, -0.05) is 0 Å². The Morgan fingerprint density at radius 3 is 2.00 bits per heavy atom. The zero-order chi connectivity index (χ0) is 7.94. The van der Waals surface area contributed by atoms with Gasteiger partial charge >= 0.3 is 0 Å². The number of aliphatic hydroxyl groups is 1. The molecule has 0 atom stereocenters. The SMILES string of the molecule is OC1CCCCOCCCC1. The van der Waals surface area contributed by atoms with Crippen LogP contribution in [0.15, 0.2) is 0 Å². The van der Waals surface area contributed by atoms with Crippen LogP contribution in [0.4, 0.5) is 0 Å². The van der Waals surface area contributed by atoms with Crippen LogP contribution in [0.2, 0.25) is 0 Å². The third-order valence-corrected chi connectivity index (χ3v) is 2.15. The van der Waals surface area contributed by atoms with Crippen LogP contribution in [0.25, 0.3) is 0 Å². The lowest BCUT2D eigenvalue weighted by atomic mass is 10.1. The Bertz CT molecular complexity index is 83.6. The molecule has 2 heteroatoms. The van der Waals surface area contributed by atoms with E-state index in [1.807, 2.05) is 0 Å². The van der Waals surface area contributed by atoms with Gasteiger partial charge in [0.15, 0.2) is 0 Å². The Kier molecular flexibility index (Phi) is 4.55. The minimum Gasteiger partial charge on any atom is -0.393 e. The van der Waals surface area contributed by atoms with Gasteiger partial charge in [0.25, 0.3) is 0 Å². The van der Waals surface area contributed by atoms with Gasteiger partial charge in [-0.3, -0.25) is 0 Å². The van der Waals surface area contributed by atoms with E-state index in [2.05, 4.69) is 0 Å². The fourth-order valence-corrected chi connectivity index (χ4v) is 1.41. The smallest absolute Gasteiger partial charge is 0.0540 e. The molecule has 1 heterocycles. The van der Waals surface area contributed by atoms with E-state index in [-0.39, 0.29) is 6.10 Å². The lowest BCUT2D eigenvalue weighted by Crippen LogP contribution is -2.09. The minimum atomic E-state index is -0.0481. The van der Waals surface area contributed by atoms with Crippen molar-refractivity contribution in [3.63, 3.8) is 0 Å². The van der Waals surface area contributed by atoms with Crippen LogP contribution < -0.4 is 0 Å². The zero-order valence-corrected chi connectivity index (χ0v) is 7.09. The molecule has 1 aliphatic rings. The Hall–Kier alpha value is -0.0800. The number of hydrogen-bond acceptors (Lipinski definition) is 2. The molecule has 0 spiro atoms. The zero-order valence-electron chi connectivity index (χ0n) is 7.09. The fraction of sp³-hybridized carbons (Fsp3) is 1.00. The van der Waals surface area contributed by atoms with Crippen LogP contribution in [-0.2, 0) is 4.74 Å². The maximum absolute atomic E-state index is 9.39. The highest BCUT2D eigenvalue weighted by atomic mass is 16.5. The monoisotopic (exact) mass is 158 g/mol. The van der Waals surface area contributed by atoms with Gasteiger partial charge in [-0.05, 0) is 38.5 Å². The summed E-state index contributed by atoms with van der Waals surface area (Å²) in [5.41, 5.74) is 0. The van der Waals surface area contributed by atoms with Gasteiger partial charge in [0.05, 0.1) is 6.10 Å². The summed E-state index contributed by atoms with van der Waals surface area (Å²) in [6.45, 7) is 1.76. The van der Waals surface area contributed by atoms with E-state index in [4.69, 9.17) is 4.74 Å². The fourth-order valence-electron chi connectivity index (χ4n) is 1.41. The van der Waals surface area contributed by atoms with Crippen molar-refractivity contribution < 1.29 is 9.84 Å². The molecule has 11 heavy (non-hydrogen) atoms. The molecule has 0 bridgehead atoms. The van der Waals surface area contributed by atoms with Crippen LogP contribution in [0.5, 0.6) is 0 Å². The molecular formula is C9H18O2. The van der Waals surface area contributed by atoms with Crippen molar-refractivity contribution >= 4 is 0 Å². The number of rotatable bonds is 0. The minimum absolute atomic E-state index is 0.0481. The lowest BCUT2D eigenvalue weighted by Gasteiger charge is -2.12. The molecular weight excluding hydrogens is 140 g/mol. The molecule has 2 nitrogen and oxygen atoms in total. The maximum Gasteiger partial charge on any atom is 0.0540 e. The van der Waals surface area contributed by atoms with Crippen LogP contribution in [0, 0.1) is 0 Å². The Morgan fingerprint density at radius 2 is 1.45 bits per heavy atom. The summed E-state index contributed by atoms with van der Waals surface area (Å²) in [7, 11) is 0. The standard InChI is InChI=1S/C9H18O2/c10-9-5-1-3-7-11-8-4-2-6-9/h9-10H,1-8H2. The molecule has 1 N–H and O–H groups in total. The molecule has 0 aliphatic carbocycles. The normalized spacial score (nSPS) is 24.8. The highest BCUT2D eigenvalue weighted by Gasteiger charge is 2.05.